The highest BCUT2D eigenvalue weighted by Gasteiger charge is 2.54. The molecule has 45 heavy (non-hydrogen) atoms. The Labute approximate surface area is 263 Å². The van der Waals surface area contributed by atoms with Gasteiger partial charge in [0.25, 0.3) is 0 Å². The molecular formula is C34H50BF5N2O3. The van der Waals surface area contributed by atoms with E-state index in [9.17, 15) is 27.5 Å². The Bertz CT molecular complexity index is 1100. The Kier molecular flexibility index (Phi) is 11.2. The maximum Gasteiger partial charge on any atom is 0.673 e. The van der Waals surface area contributed by atoms with E-state index >= 15 is 0 Å². The normalized spacial score (nSPS) is 34.8. The maximum atomic E-state index is 9.90. The SMILES string of the molecule is F[B-](F)(F)F.O.Oc1ccccc1C[NH2+]C12CC3CC(CC(C3)C1)C2.Oc1ccccc1C[NH2+]C12CC3CC(CC(C3)C1)C2.[F-]. The molecule has 8 aliphatic carbocycles. The van der Waals surface area contributed by atoms with Gasteiger partial charge in [-0.1, -0.05) is 24.3 Å². The highest BCUT2D eigenvalue weighted by atomic mass is 19.5. The molecular weight excluding hydrogens is 590 g/mol. The predicted octanol–water partition coefficient (Wildman–Crippen LogP) is 2.33. The lowest BCUT2D eigenvalue weighted by molar-refractivity contribution is -0.753. The first-order valence-corrected chi connectivity index (χ1v) is 16.5. The fourth-order valence-corrected chi connectivity index (χ4v) is 10.9. The molecule has 0 spiro atoms. The van der Waals surface area contributed by atoms with Crippen molar-refractivity contribution in [3.05, 3.63) is 59.7 Å². The Hall–Kier alpha value is -2.37. The van der Waals surface area contributed by atoms with E-state index in [0.29, 0.717) is 22.6 Å². The van der Waals surface area contributed by atoms with E-state index in [0.717, 1.165) is 59.7 Å². The Balaban J connectivity index is 0.000000172. The van der Waals surface area contributed by atoms with Gasteiger partial charge in [0.2, 0.25) is 0 Å². The standard InChI is InChI=1S/2C17H23NO.BF4.FH.H2O/c2*19-16-4-2-1-3-15(16)11-18-17-8-12-5-13(9-17)7-14(6-12)10-17;2-1(3,4)5;;/h2*1-4,12-14,18-19H,5-11H2;;1H;1H2/q;;-1;;/p+1. The van der Waals surface area contributed by atoms with E-state index in [2.05, 4.69) is 22.8 Å². The number of aromatic hydroxyl groups is 2. The van der Waals surface area contributed by atoms with Gasteiger partial charge in [0, 0.05) is 49.7 Å². The number of para-hydroxylation sites is 2. The van der Waals surface area contributed by atoms with Crippen LogP contribution >= 0.6 is 0 Å². The van der Waals surface area contributed by atoms with Crippen molar-refractivity contribution in [1.29, 1.82) is 0 Å². The van der Waals surface area contributed by atoms with Crippen molar-refractivity contribution in [2.45, 2.75) is 101 Å². The summed E-state index contributed by atoms with van der Waals surface area (Å²) in [5.74, 6) is 6.96. The molecule has 8 bridgehead atoms. The average Bonchev–Trinajstić information content (AvgIpc) is 2.90. The number of halogens is 5. The number of nitrogens with two attached hydrogens (primary N) is 2. The first kappa shape index (κ1) is 35.5. The molecule has 0 atom stereocenters. The van der Waals surface area contributed by atoms with Gasteiger partial charge in [0.05, 0.1) is 11.1 Å². The maximum absolute atomic E-state index is 9.90. The van der Waals surface area contributed by atoms with E-state index in [-0.39, 0.29) is 10.2 Å². The second kappa shape index (κ2) is 14.2. The van der Waals surface area contributed by atoms with Crippen LogP contribution in [0.3, 0.4) is 0 Å². The molecule has 10 rings (SSSR count). The van der Waals surface area contributed by atoms with E-state index in [1.165, 1.54) is 77.0 Å². The quantitative estimate of drug-likeness (QED) is 0.288. The third-order valence-electron chi connectivity index (χ3n) is 11.7. The molecule has 0 aromatic heterocycles. The van der Waals surface area contributed by atoms with Crippen LogP contribution < -0.4 is 15.3 Å². The number of rotatable bonds is 6. The van der Waals surface area contributed by atoms with Gasteiger partial charge in [0.1, 0.15) is 24.6 Å². The predicted molar refractivity (Wildman–Crippen MR) is 163 cm³/mol. The molecule has 0 amide bonds. The van der Waals surface area contributed by atoms with Crippen LogP contribution in [0.25, 0.3) is 0 Å². The molecule has 0 aliphatic heterocycles. The summed E-state index contributed by atoms with van der Waals surface area (Å²) in [6, 6.07) is 15.6. The van der Waals surface area contributed by atoms with Crippen LogP contribution in [-0.4, -0.2) is 34.0 Å². The molecule has 11 heteroatoms. The van der Waals surface area contributed by atoms with Crippen LogP contribution in [0.1, 0.15) is 88.2 Å². The number of phenols is 2. The van der Waals surface area contributed by atoms with Crippen molar-refractivity contribution in [3.8, 4) is 11.5 Å². The monoisotopic (exact) mass is 640 g/mol. The molecule has 2 aromatic carbocycles. The molecule has 8 fully saturated rings. The summed E-state index contributed by atoms with van der Waals surface area (Å²) in [6.45, 7) is 1.89. The highest BCUT2D eigenvalue weighted by Crippen LogP contribution is 2.55. The Morgan fingerprint density at radius 1 is 0.556 bits per heavy atom. The Morgan fingerprint density at radius 2 is 0.800 bits per heavy atom. The summed E-state index contributed by atoms with van der Waals surface area (Å²) in [5.41, 5.74) is 3.21. The van der Waals surface area contributed by atoms with Gasteiger partial charge in [-0.15, -0.1) is 0 Å². The third kappa shape index (κ3) is 8.92. The summed E-state index contributed by atoms with van der Waals surface area (Å²) in [4.78, 5) is 0. The van der Waals surface area contributed by atoms with Crippen molar-refractivity contribution in [2.75, 3.05) is 0 Å². The molecule has 5 nitrogen and oxygen atoms in total. The first-order chi connectivity index (χ1) is 20.4. The molecule has 8 saturated carbocycles. The minimum atomic E-state index is -6.00. The zero-order chi connectivity index (χ0) is 30.2. The molecule has 0 unspecified atom stereocenters. The number of phenolic OH excluding ortho intramolecular Hbond substituents is 2. The molecule has 8 aliphatic rings. The van der Waals surface area contributed by atoms with Crippen LogP contribution in [0.15, 0.2) is 48.5 Å². The van der Waals surface area contributed by atoms with Crippen molar-refractivity contribution in [1.82, 2.24) is 0 Å². The summed E-state index contributed by atoms with van der Waals surface area (Å²) < 4.78 is 39.0. The second-order valence-electron chi connectivity index (χ2n) is 15.1. The van der Waals surface area contributed by atoms with Gasteiger partial charge < -0.3 is 48.3 Å². The smallest absolute Gasteiger partial charge is 0.673 e. The first-order valence-electron chi connectivity index (χ1n) is 16.5. The van der Waals surface area contributed by atoms with Crippen molar-refractivity contribution < 1.29 is 48.3 Å². The zero-order valence-electron chi connectivity index (χ0n) is 26.0. The fraction of sp³-hybridized carbons (Fsp3) is 0.647. The number of benzene rings is 2. The fourth-order valence-electron chi connectivity index (χ4n) is 10.9. The number of hydrogen-bond acceptors (Lipinski definition) is 2. The van der Waals surface area contributed by atoms with Crippen LogP contribution in [0.2, 0.25) is 0 Å². The van der Waals surface area contributed by atoms with E-state index in [1.54, 1.807) is 0 Å². The number of quaternary nitrogens is 2. The zero-order valence-corrected chi connectivity index (χ0v) is 26.0. The third-order valence-corrected chi connectivity index (χ3v) is 11.7. The average molecular weight is 641 g/mol. The van der Waals surface area contributed by atoms with E-state index in [1.807, 2.05) is 36.4 Å². The van der Waals surface area contributed by atoms with Gasteiger partial charge >= 0.3 is 7.25 Å². The molecule has 2 aromatic rings. The van der Waals surface area contributed by atoms with Crippen LogP contribution in [0.5, 0.6) is 11.5 Å². The summed E-state index contributed by atoms with van der Waals surface area (Å²) in [5, 5.41) is 24.9. The van der Waals surface area contributed by atoms with Crippen molar-refractivity contribution in [3.63, 3.8) is 0 Å². The lowest BCUT2D eigenvalue weighted by Gasteiger charge is -2.54. The highest BCUT2D eigenvalue weighted by molar-refractivity contribution is 6.50. The molecule has 8 N–H and O–H groups in total. The second-order valence-corrected chi connectivity index (χ2v) is 15.1. The summed E-state index contributed by atoms with van der Waals surface area (Å²) >= 11 is 0. The topological polar surface area (TPSA) is 105 Å². The van der Waals surface area contributed by atoms with Crippen LogP contribution in [-0.2, 0) is 13.1 Å². The van der Waals surface area contributed by atoms with Crippen molar-refractivity contribution >= 4 is 7.25 Å². The van der Waals surface area contributed by atoms with Gasteiger partial charge in [-0.2, -0.15) is 0 Å². The minimum absolute atomic E-state index is 0. The summed E-state index contributed by atoms with van der Waals surface area (Å²) in [6.07, 6.45) is 17.6. The molecule has 0 heterocycles. The lowest BCUT2D eigenvalue weighted by Crippen LogP contribution is -3.00. The van der Waals surface area contributed by atoms with Crippen molar-refractivity contribution in [2.24, 2.45) is 35.5 Å². The molecule has 0 saturated heterocycles. The number of hydrogen-bond donors (Lipinski definition) is 4. The molecule has 0 radical (unpaired) electrons. The van der Waals surface area contributed by atoms with E-state index < -0.39 is 7.25 Å². The summed E-state index contributed by atoms with van der Waals surface area (Å²) in [7, 11) is -6.00. The van der Waals surface area contributed by atoms with Gasteiger partial charge in [-0.3, -0.25) is 0 Å². The van der Waals surface area contributed by atoms with E-state index in [4.69, 9.17) is 0 Å². The van der Waals surface area contributed by atoms with Gasteiger partial charge in [-0.25, -0.2) is 0 Å². The lowest BCUT2D eigenvalue weighted by atomic mass is 9.53. The van der Waals surface area contributed by atoms with Crippen LogP contribution in [0.4, 0.5) is 17.3 Å². The van der Waals surface area contributed by atoms with Crippen LogP contribution in [0, 0.1) is 35.5 Å². The van der Waals surface area contributed by atoms with Gasteiger partial charge in [-0.05, 0) is 98.3 Å². The molecule has 252 valence electrons. The van der Waals surface area contributed by atoms with Gasteiger partial charge in [0.15, 0.2) is 0 Å². The largest absolute Gasteiger partial charge is 1.00 e. The Morgan fingerprint density at radius 3 is 1.04 bits per heavy atom. The minimum Gasteiger partial charge on any atom is -1.00 e.